The Morgan fingerprint density at radius 1 is 1.32 bits per heavy atom. The molecule has 1 saturated heterocycles. The second kappa shape index (κ2) is 8.91. The standard InChI is InChI=1S/C18H28N2O2/c1-15(14-19-2)18(21)20-11-8-17(9-12-20)22-13-10-16-6-4-3-5-7-16/h3-7,15,17,19H,8-14H2,1-2H3. The van der Waals surface area contributed by atoms with Crippen LogP contribution in [0.15, 0.2) is 30.3 Å². The maximum Gasteiger partial charge on any atom is 0.226 e. The van der Waals surface area contributed by atoms with Crippen LogP contribution in [-0.4, -0.2) is 50.2 Å². The molecule has 4 nitrogen and oxygen atoms in total. The molecule has 1 unspecified atom stereocenters. The molecule has 1 aromatic carbocycles. The van der Waals surface area contributed by atoms with E-state index in [-0.39, 0.29) is 11.8 Å². The molecule has 122 valence electrons. The summed E-state index contributed by atoms with van der Waals surface area (Å²) in [4.78, 5) is 14.2. The molecule has 0 radical (unpaired) electrons. The Bertz CT molecular complexity index is 442. The normalized spacial score (nSPS) is 17.5. The predicted octanol–water partition coefficient (Wildman–Crippen LogP) is 2.09. The number of nitrogens with zero attached hydrogens (tertiary/aromatic N) is 1. The zero-order valence-electron chi connectivity index (χ0n) is 13.8. The van der Waals surface area contributed by atoms with Gasteiger partial charge in [0.25, 0.3) is 0 Å². The van der Waals surface area contributed by atoms with Crippen molar-refractivity contribution >= 4 is 5.91 Å². The largest absolute Gasteiger partial charge is 0.378 e. The van der Waals surface area contributed by atoms with Gasteiger partial charge in [-0.25, -0.2) is 0 Å². The number of ether oxygens (including phenoxy) is 1. The number of rotatable bonds is 7. The number of benzene rings is 1. The number of amides is 1. The zero-order chi connectivity index (χ0) is 15.8. The van der Waals surface area contributed by atoms with E-state index < -0.39 is 0 Å². The lowest BCUT2D eigenvalue weighted by atomic mass is 10.0. The van der Waals surface area contributed by atoms with Crippen molar-refractivity contribution in [2.45, 2.75) is 32.3 Å². The van der Waals surface area contributed by atoms with Gasteiger partial charge in [-0.3, -0.25) is 4.79 Å². The smallest absolute Gasteiger partial charge is 0.226 e. The summed E-state index contributed by atoms with van der Waals surface area (Å²) in [6.45, 7) is 5.14. The van der Waals surface area contributed by atoms with Gasteiger partial charge in [0.15, 0.2) is 0 Å². The molecule has 0 saturated carbocycles. The molecule has 0 bridgehead atoms. The van der Waals surface area contributed by atoms with E-state index >= 15 is 0 Å². The summed E-state index contributed by atoms with van der Waals surface area (Å²) >= 11 is 0. The van der Waals surface area contributed by atoms with Crippen LogP contribution in [0.1, 0.15) is 25.3 Å². The summed E-state index contributed by atoms with van der Waals surface area (Å²) in [5.74, 6) is 0.317. The highest BCUT2D eigenvalue weighted by molar-refractivity contribution is 5.78. The molecule has 1 amide bonds. The molecule has 22 heavy (non-hydrogen) atoms. The van der Waals surface area contributed by atoms with Gasteiger partial charge in [-0.2, -0.15) is 0 Å². The van der Waals surface area contributed by atoms with Gasteiger partial charge in [0.1, 0.15) is 0 Å². The van der Waals surface area contributed by atoms with E-state index in [1.54, 1.807) is 0 Å². The minimum atomic E-state index is 0.0561. The third kappa shape index (κ3) is 5.11. The molecule has 1 aliphatic heterocycles. The Hall–Kier alpha value is -1.39. The third-order valence-electron chi connectivity index (χ3n) is 4.27. The first-order valence-corrected chi connectivity index (χ1v) is 8.29. The fourth-order valence-corrected chi connectivity index (χ4v) is 2.94. The van der Waals surface area contributed by atoms with Crippen LogP contribution in [0, 0.1) is 5.92 Å². The van der Waals surface area contributed by atoms with Crippen LogP contribution in [0.4, 0.5) is 0 Å². The van der Waals surface area contributed by atoms with Crippen molar-refractivity contribution in [3.63, 3.8) is 0 Å². The van der Waals surface area contributed by atoms with Gasteiger partial charge in [0, 0.05) is 25.6 Å². The lowest BCUT2D eigenvalue weighted by Crippen LogP contribution is -2.44. The highest BCUT2D eigenvalue weighted by Gasteiger charge is 2.25. The van der Waals surface area contributed by atoms with E-state index in [0.717, 1.165) is 45.5 Å². The maximum absolute atomic E-state index is 12.2. The first kappa shape index (κ1) is 17.0. The summed E-state index contributed by atoms with van der Waals surface area (Å²) in [6.07, 6.45) is 3.16. The molecule has 2 rings (SSSR count). The van der Waals surface area contributed by atoms with Gasteiger partial charge >= 0.3 is 0 Å². The van der Waals surface area contributed by atoms with Crippen molar-refractivity contribution in [3.05, 3.63) is 35.9 Å². The first-order valence-electron chi connectivity index (χ1n) is 8.29. The number of carbonyl (C=O) groups is 1. The molecular formula is C18H28N2O2. The van der Waals surface area contributed by atoms with E-state index in [1.807, 2.05) is 24.9 Å². The second-order valence-corrected chi connectivity index (χ2v) is 6.09. The number of hydrogen-bond acceptors (Lipinski definition) is 3. The molecule has 1 aliphatic rings. The van der Waals surface area contributed by atoms with Gasteiger partial charge in [-0.1, -0.05) is 37.3 Å². The van der Waals surface area contributed by atoms with Crippen LogP contribution < -0.4 is 5.32 Å². The molecule has 1 fully saturated rings. The van der Waals surface area contributed by atoms with Gasteiger partial charge in [0.05, 0.1) is 12.7 Å². The summed E-state index contributed by atoms with van der Waals surface area (Å²) in [6, 6.07) is 10.4. The average molecular weight is 304 g/mol. The van der Waals surface area contributed by atoms with Crippen LogP contribution in [0.3, 0.4) is 0 Å². The quantitative estimate of drug-likeness (QED) is 0.839. The summed E-state index contributed by atoms with van der Waals surface area (Å²) in [5.41, 5.74) is 1.32. The summed E-state index contributed by atoms with van der Waals surface area (Å²) in [5, 5.41) is 3.07. The monoisotopic (exact) mass is 304 g/mol. The molecule has 4 heteroatoms. The third-order valence-corrected chi connectivity index (χ3v) is 4.27. The Balaban J connectivity index is 1.66. The van der Waals surface area contributed by atoms with Gasteiger partial charge < -0.3 is 15.0 Å². The fraction of sp³-hybridized carbons (Fsp3) is 0.611. The van der Waals surface area contributed by atoms with Crippen molar-refractivity contribution in [1.29, 1.82) is 0 Å². The molecule has 1 heterocycles. The lowest BCUT2D eigenvalue weighted by molar-refractivity contribution is -0.137. The second-order valence-electron chi connectivity index (χ2n) is 6.09. The van der Waals surface area contributed by atoms with Crippen molar-refractivity contribution in [3.8, 4) is 0 Å². The highest BCUT2D eigenvalue weighted by Crippen LogP contribution is 2.16. The van der Waals surface area contributed by atoms with E-state index in [2.05, 4.69) is 29.6 Å². The van der Waals surface area contributed by atoms with Crippen molar-refractivity contribution in [2.75, 3.05) is 33.3 Å². The summed E-state index contributed by atoms with van der Waals surface area (Å²) in [7, 11) is 1.89. The van der Waals surface area contributed by atoms with Crippen molar-refractivity contribution in [2.24, 2.45) is 5.92 Å². The molecule has 0 aromatic heterocycles. The van der Waals surface area contributed by atoms with E-state index in [0.29, 0.717) is 6.10 Å². The molecular weight excluding hydrogens is 276 g/mol. The van der Waals surface area contributed by atoms with Crippen LogP contribution >= 0.6 is 0 Å². The average Bonchev–Trinajstić information content (AvgIpc) is 2.56. The molecule has 1 aromatic rings. The van der Waals surface area contributed by atoms with Gasteiger partial charge in [0.2, 0.25) is 5.91 Å². The molecule has 1 atom stereocenters. The SMILES string of the molecule is CNCC(C)C(=O)N1CCC(OCCc2ccccc2)CC1. The van der Waals surface area contributed by atoms with Gasteiger partial charge in [-0.05, 0) is 31.9 Å². The number of carbonyl (C=O) groups excluding carboxylic acids is 1. The van der Waals surface area contributed by atoms with Crippen LogP contribution in [0.25, 0.3) is 0 Å². The Morgan fingerprint density at radius 2 is 2.00 bits per heavy atom. The Morgan fingerprint density at radius 3 is 2.64 bits per heavy atom. The van der Waals surface area contributed by atoms with E-state index in [9.17, 15) is 4.79 Å². The lowest BCUT2D eigenvalue weighted by Gasteiger charge is -2.33. The zero-order valence-corrected chi connectivity index (χ0v) is 13.8. The maximum atomic E-state index is 12.2. The van der Waals surface area contributed by atoms with E-state index in [4.69, 9.17) is 4.74 Å². The molecule has 0 aliphatic carbocycles. The molecule has 0 spiro atoms. The van der Waals surface area contributed by atoms with Crippen molar-refractivity contribution in [1.82, 2.24) is 10.2 Å². The highest BCUT2D eigenvalue weighted by atomic mass is 16.5. The number of hydrogen-bond donors (Lipinski definition) is 1. The Labute approximate surface area is 133 Å². The number of piperidine rings is 1. The minimum absolute atomic E-state index is 0.0561. The minimum Gasteiger partial charge on any atom is -0.378 e. The molecule has 1 N–H and O–H groups in total. The van der Waals surface area contributed by atoms with E-state index in [1.165, 1.54) is 5.56 Å². The first-order chi connectivity index (χ1) is 10.7. The number of likely N-dealkylation sites (tertiary alicyclic amines) is 1. The van der Waals surface area contributed by atoms with Crippen LogP contribution in [0.2, 0.25) is 0 Å². The van der Waals surface area contributed by atoms with Crippen molar-refractivity contribution < 1.29 is 9.53 Å². The topological polar surface area (TPSA) is 41.6 Å². The number of nitrogens with one attached hydrogen (secondary N) is 1. The van der Waals surface area contributed by atoms with Crippen LogP contribution in [0.5, 0.6) is 0 Å². The van der Waals surface area contributed by atoms with Crippen LogP contribution in [-0.2, 0) is 16.0 Å². The predicted molar refractivity (Wildman–Crippen MR) is 88.8 cm³/mol. The Kier molecular flexibility index (Phi) is 6.87. The summed E-state index contributed by atoms with van der Waals surface area (Å²) < 4.78 is 5.97. The van der Waals surface area contributed by atoms with Gasteiger partial charge in [-0.15, -0.1) is 0 Å². The fourth-order valence-electron chi connectivity index (χ4n) is 2.94.